The van der Waals surface area contributed by atoms with Crippen LogP contribution in [0.5, 0.6) is 0 Å². The molecule has 1 heterocycles. The van der Waals surface area contributed by atoms with E-state index in [-0.39, 0.29) is 24.3 Å². The smallest absolute Gasteiger partial charge is 0.412 e. The Kier molecular flexibility index (Phi) is 4.82. The van der Waals surface area contributed by atoms with E-state index >= 15 is 0 Å². The molecule has 2 aliphatic rings. The predicted molar refractivity (Wildman–Crippen MR) is 95.1 cm³/mol. The van der Waals surface area contributed by atoms with Crippen molar-refractivity contribution < 1.29 is 19.0 Å². The molecule has 1 aromatic carbocycles. The van der Waals surface area contributed by atoms with Gasteiger partial charge >= 0.3 is 6.09 Å². The summed E-state index contributed by atoms with van der Waals surface area (Å²) >= 11 is 0. The lowest BCUT2D eigenvalue weighted by molar-refractivity contribution is -0.0934. The molecule has 1 amide bonds. The average Bonchev–Trinajstić information content (AvgIpc) is 2.96. The molecule has 25 heavy (non-hydrogen) atoms. The van der Waals surface area contributed by atoms with Gasteiger partial charge in [-0.1, -0.05) is 30.3 Å². The lowest BCUT2D eigenvalue weighted by atomic mass is 10.1. The van der Waals surface area contributed by atoms with Gasteiger partial charge < -0.3 is 14.2 Å². The molecule has 5 nitrogen and oxygen atoms in total. The number of rotatable bonds is 3. The molecular weight excluding hydrogens is 318 g/mol. The van der Waals surface area contributed by atoms with Crippen molar-refractivity contribution >= 4 is 6.09 Å². The van der Waals surface area contributed by atoms with Crippen molar-refractivity contribution in [2.45, 2.75) is 83.6 Å². The number of hydrogen-bond acceptors (Lipinski definition) is 4. The van der Waals surface area contributed by atoms with Crippen molar-refractivity contribution in [1.29, 1.82) is 0 Å². The van der Waals surface area contributed by atoms with Crippen molar-refractivity contribution in [3.63, 3.8) is 0 Å². The summed E-state index contributed by atoms with van der Waals surface area (Å²) in [5.74, 6) is 0. The van der Waals surface area contributed by atoms with Gasteiger partial charge in [-0.2, -0.15) is 0 Å². The molecule has 0 aromatic heterocycles. The SMILES string of the molecule is CC(C)(C)OC(=O)N1[C@H]2C[C@@H](OCc3ccccc3)C[C@H]2OC1(C)C. The topological polar surface area (TPSA) is 48.0 Å². The molecule has 2 fully saturated rings. The van der Waals surface area contributed by atoms with Gasteiger partial charge in [-0.3, -0.25) is 4.90 Å². The maximum Gasteiger partial charge on any atom is 0.412 e. The number of benzene rings is 1. The second-order valence-corrected chi connectivity index (χ2v) is 8.41. The fraction of sp³-hybridized carbons (Fsp3) is 0.650. The second kappa shape index (κ2) is 6.61. The highest BCUT2D eigenvalue weighted by molar-refractivity contribution is 5.70. The van der Waals surface area contributed by atoms with E-state index in [1.165, 1.54) is 0 Å². The molecule has 1 aromatic rings. The molecule has 0 radical (unpaired) electrons. The highest BCUT2D eigenvalue weighted by Gasteiger charge is 2.55. The molecule has 1 aliphatic carbocycles. The number of hydrogen-bond donors (Lipinski definition) is 0. The Bertz CT molecular complexity index is 608. The third-order valence-electron chi connectivity index (χ3n) is 4.70. The van der Waals surface area contributed by atoms with Crippen LogP contribution in [0.4, 0.5) is 4.79 Å². The van der Waals surface area contributed by atoms with Crippen LogP contribution in [0.3, 0.4) is 0 Å². The fourth-order valence-corrected chi connectivity index (χ4v) is 3.75. The van der Waals surface area contributed by atoms with Crippen LogP contribution >= 0.6 is 0 Å². The molecule has 1 aliphatic heterocycles. The molecule has 0 N–H and O–H groups in total. The Morgan fingerprint density at radius 2 is 1.92 bits per heavy atom. The largest absolute Gasteiger partial charge is 0.444 e. The van der Waals surface area contributed by atoms with E-state index in [0.29, 0.717) is 6.61 Å². The summed E-state index contributed by atoms with van der Waals surface area (Å²) in [5, 5.41) is 0. The van der Waals surface area contributed by atoms with Crippen LogP contribution in [0.1, 0.15) is 53.0 Å². The lowest BCUT2D eigenvalue weighted by Gasteiger charge is -2.35. The van der Waals surface area contributed by atoms with Gasteiger partial charge in [-0.15, -0.1) is 0 Å². The van der Waals surface area contributed by atoms with Gasteiger partial charge in [0.1, 0.15) is 11.3 Å². The number of amides is 1. The number of nitrogens with zero attached hydrogens (tertiary/aromatic N) is 1. The number of fused-ring (bicyclic) bond motifs is 1. The standard InChI is InChI=1S/C20H29NO4/c1-19(2,3)25-18(22)21-16-11-15(12-17(16)24-20(21,4)5)23-13-14-9-7-6-8-10-14/h6-10,15-17H,11-13H2,1-5H3/t15-,16+,17-/m1/s1. The summed E-state index contributed by atoms with van der Waals surface area (Å²) in [6.07, 6.45) is 1.37. The van der Waals surface area contributed by atoms with E-state index in [4.69, 9.17) is 14.2 Å². The van der Waals surface area contributed by atoms with E-state index in [2.05, 4.69) is 12.1 Å². The Balaban J connectivity index is 1.63. The summed E-state index contributed by atoms with van der Waals surface area (Å²) < 4.78 is 17.8. The maximum atomic E-state index is 12.7. The van der Waals surface area contributed by atoms with E-state index in [1.807, 2.05) is 52.8 Å². The van der Waals surface area contributed by atoms with Crippen LogP contribution in [0.25, 0.3) is 0 Å². The first kappa shape index (κ1) is 18.2. The van der Waals surface area contributed by atoms with Crippen LogP contribution in [0.2, 0.25) is 0 Å². The summed E-state index contributed by atoms with van der Waals surface area (Å²) in [5.41, 5.74) is -0.0143. The lowest BCUT2D eigenvalue weighted by Crippen LogP contribution is -2.50. The minimum Gasteiger partial charge on any atom is -0.444 e. The third kappa shape index (κ3) is 4.15. The van der Waals surface area contributed by atoms with Gasteiger partial charge in [0.05, 0.1) is 24.9 Å². The summed E-state index contributed by atoms with van der Waals surface area (Å²) in [7, 11) is 0. The summed E-state index contributed by atoms with van der Waals surface area (Å²) in [6.45, 7) is 10.1. The summed E-state index contributed by atoms with van der Waals surface area (Å²) in [6, 6.07) is 10.1. The van der Waals surface area contributed by atoms with Gasteiger partial charge in [0.2, 0.25) is 0 Å². The maximum absolute atomic E-state index is 12.7. The zero-order valence-corrected chi connectivity index (χ0v) is 15.8. The average molecular weight is 347 g/mol. The predicted octanol–water partition coefficient (Wildman–Crippen LogP) is 4.11. The van der Waals surface area contributed by atoms with Crippen molar-refractivity contribution in [2.75, 3.05) is 0 Å². The van der Waals surface area contributed by atoms with Crippen LogP contribution in [-0.2, 0) is 20.8 Å². The molecule has 3 rings (SSSR count). The molecule has 0 spiro atoms. The molecule has 1 saturated carbocycles. The molecule has 0 bridgehead atoms. The van der Waals surface area contributed by atoms with Crippen molar-refractivity contribution in [3.05, 3.63) is 35.9 Å². The quantitative estimate of drug-likeness (QED) is 0.826. The van der Waals surface area contributed by atoms with Crippen molar-refractivity contribution in [1.82, 2.24) is 4.90 Å². The first-order valence-corrected chi connectivity index (χ1v) is 9.01. The Labute approximate surface area is 150 Å². The molecular formula is C20H29NO4. The van der Waals surface area contributed by atoms with E-state index in [9.17, 15) is 4.79 Å². The molecule has 5 heteroatoms. The van der Waals surface area contributed by atoms with Gasteiger partial charge in [0.25, 0.3) is 0 Å². The summed E-state index contributed by atoms with van der Waals surface area (Å²) in [4.78, 5) is 14.4. The van der Waals surface area contributed by atoms with E-state index in [0.717, 1.165) is 18.4 Å². The van der Waals surface area contributed by atoms with Crippen LogP contribution in [0, 0.1) is 0 Å². The Hall–Kier alpha value is -1.59. The van der Waals surface area contributed by atoms with E-state index < -0.39 is 11.3 Å². The van der Waals surface area contributed by atoms with Gasteiger partial charge in [-0.05, 0) is 46.6 Å². The first-order chi connectivity index (χ1) is 11.7. The normalized spacial score (nSPS) is 28.0. The number of carbonyl (C=O) groups excluding carboxylic acids is 1. The zero-order valence-electron chi connectivity index (χ0n) is 15.8. The fourth-order valence-electron chi connectivity index (χ4n) is 3.75. The van der Waals surface area contributed by atoms with Crippen molar-refractivity contribution in [2.24, 2.45) is 0 Å². The van der Waals surface area contributed by atoms with Crippen LogP contribution in [0.15, 0.2) is 30.3 Å². The molecule has 0 unspecified atom stereocenters. The minimum absolute atomic E-state index is 0.00305. The first-order valence-electron chi connectivity index (χ1n) is 9.01. The molecule has 3 atom stereocenters. The van der Waals surface area contributed by atoms with Gasteiger partial charge in [0, 0.05) is 6.42 Å². The molecule has 138 valence electrons. The number of carbonyl (C=O) groups is 1. The molecule has 1 saturated heterocycles. The second-order valence-electron chi connectivity index (χ2n) is 8.41. The van der Waals surface area contributed by atoms with Crippen LogP contribution in [-0.4, -0.2) is 40.6 Å². The van der Waals surface area contributed by atoms with Gasteiger partial charge in [-0.25, -0.2) is 4.79 Å². The van der Waals surface area contributed by atoms with Gasteiger partial charge in [0.15, 0.2) is 0 Å². The Morgan fingerprint density at radius 3 is 2.56 bits per heavy atom. The number of ether oxygens (including phenoxy) is 3. The van der Waals surface area contributed by atoms with Crippen molar-refractivity contribution in [3.8, 4) is 0 Å². The zero-order chi connectivity index (χ0) is 18.2. The highest BCUT2D eigenvalue weighted by atomic mass is 16.6. The van der Waals surface area contributed by atoms with E-state index in [1.54, 1.807) is 4.90 Å². The highest BCUT2D eigenvalue weighted by Crippen LogP contribution is 2.42. The Morgan fingerprint density at radius 1 is 1.24 bits per heavy atom. The monoisotopic (exact) mass is 347 g/mol. The van der Waals surface area contributed by atoms with Crippen LogP contribution < -0.4 is 0 Å². The third-order valence-corrected chi connectivity index (χ3v) is 4.70. The minimum atomic E-state index is -0.651.